The first-order valence-electron chi connectivity index (χ1n) is 20.1. The molecule has 4 atom stereocenters. The zero-order valence-corrected chi connectivity index (χ0v) is 32.9. The Bertz CT molecular complexity index is 1000. The van der Waals surface area contributed by atoms with Gasteiger partial charge in [0.2, 0.25) is 0 Å². The molecule has 0 radical (unpaired) electrons. The second kappa shape index (κ2) is 32.8. The van der Waals surface area contributed by atoms with Crippen LogP contribution >= 0.6 is 7.82 Å². The van der Waals surface area contributed by atoms with Crippen molar-refractivity contribution < 1.29 is 42.3 Å². The zero-order valence-electron chi connectivity index (χ0n) is 32.0. The number of hydrogen-bond donors (Lipinski definition) is 2. The van der Waals surface area contributed by atoms with E-state index >= 15 is 0 Å². The highest BCUT2D eigenvalue weighted by molar-refractivity contribution is 7.47. The van der Waals surface area contributed by atoms with E-state index in [4.69, 9.17) is 29.0 Å². The summed E-state index contributed by atoms with van der Waals surface area (Å²) in [5.41, 5.74) is 5.33. The molecule has 10 nitrogen and oxygen atoms in total. The van der Waals surface area contributed by atoms with Gasteiger partial charge in [-0.15, -0.1) is 0 Å². The number of allylic oxidation sites excluding steroid dienone is 5. The van der Waals surface area contributed by atoms with Crippen LogP contribution < -0.4 is 5.73 Å². The smallest absolute Gasteiger partial charge is 0.462 e. The van der Waals surface area contributed by atoms with Crippen LogP contribution in [-0.4, -0.2) is 61.5 Å². The summed E-state index contributed by atoms with van der Waals surface area (Å²) in [4.78, 5) is 34.8. The molecule has 1 fully saturated rings. The zero-order chi connectivity index (χ0) is 37.3. The van der Waals surface area contributed by atoms with Crippen molar-refractivity contribution in [2.75, 3.05) is 26.4 Å². The lowest BCUT2D eigenvalue weighted by Crippen LogP contribution is -2.29. The van der Waals surface area contributed by atoms with Gasteiger partial charge in [0.15, 0.2) is 6.10 Å². The maximum absolute atomic E-state index is 12.5. The molecule has 3 N–H and O–H groups in total. The van der Waals surface area contributed by atoms with Crippen LogP contribution in [0.1, 0.15) is 162 Å². The van der Waals surface area contributed by atoms with E-state index in [0.717, 1.165) is 44.9 Å². The van der Waals surface area contributed by atoms with E-state index < -0.39 is 32.5 Å². The number of esters is 2. The molecule has 1 saturated heterocycles. The molecule has 0 aromatic rings. The van der Waals surface area contributed by atoms with E-state index in [1.807, 2.05) is 0 Å². The van der Waals surface area contributed by atoms with Crippen molar-refractivity contribution in [1.29, 1.82) is 0 Å². The normalized spacial score (nSPS) is 17.7. The van der Waals surface area contributed by atoms with Gasteiger partial charge in [0.1, 0.15) is 6.61 Å². The standard InChI is InChI=1S/C40H72NO9P/c1-3-5-7-9-11-13-15-17-19-21-23-25-28-37-38(50-37)29-27-31-39(42)46-34-36(35-48-51(44,45)47-33-32-41)49-40(43)30-26-24-22-20-18-16-14-12-10-8-6-4-2/h11,13,17,19,23,25,36-38H,3-10,12,14-16,18,20-22,24,26-35,41H2,1-2H3,(H,44,45)/b13-11-,19-17-,25-23-/t36-,37?,38?/m1/s1. The predicted octanol–water partition coefficient (Wildman–Crippen LogP) is 9.98. The number of epoxide rings is 1. The summed E-state index contributed by atoms with van der Waals surface area (Å²) >= 11 is 0. The molecule has 11 heteroatoms. The number of unbranched alkanes of at least 4 members (excludes halogenated alkanes) is 14. The first-order chi connectivity index (χ1) is 24.8. The molecular weight excluding hydrogens is 669 g/mol. The minimum Gasteiger partial charge on any atom is -0.462 e. The molecule has 0 amide bonds. The first kappa shape index (κ1) is 47.2. The summed E-state index contributed by atoms with van der Waals surface area (Å²) in [5, 5.41) is 0. The van der Waals surface area contributed by atoms with Gasteiger partial charge in [-0.25, -0.2) is 4.57 Å². The molecule has 0 aromatic carbocycles. The van der Waals surface area contributed by atoms with Crippen molar-refractivity contribution >= 4 is 19.8 Å². The monoisotopic (exact) mass is 741 g/mol. The Hall–Kier alpha value is -1.81. The highest BCUT2D eigenvalue weighted by atomic mass is 31.2. The van der Waals surface area contributed by atoms with Gasteiger partial charge < -0.3 is 24.8 Å². The lowest BCUT2D eigenvalue weighted by atomic mass is 10.0. The van der Waals surface area contributed by atoms with Gasteiger partial charge in [-0.3, -0.25) is 18.6 Å². The van der Waals surface area contributed by atoms with Crippen LogP contribution in [0.3, 0.4) is 0 Å². The van der Waals surface area contributed by atoms with Crippen molar-refractivity contribution in [1.82, 2.24) is 0 Å². The van der Waals surface area contributed by atoms with E-state index in [1.165, 1.54) is 77.0 Å². The van der Waals surface area contributed by atoms with Crippen LogP contribution in [0, 0.1) is 0 Å². The number of ether oxygens (including phenoxy) is 3. The third-order valence-electron chi connectivity index (χ3n) is 8.70. The van der Waals surface area contributed by atoms with Crippen LogP contribution in [-0.2, 0) is 37.4 Å². The topological polar surface area (TPSA) is 147 Å². The van der Waals surface area contributed by atoms with Gasteiger partial charge in [0.05, 0.1) is 25.4 Å². The van der Waals surface area contributed by atoms with Crippen LogP contribution in [0.5, 0.6) is 0 Å². The van der Waals surface area contributed by atoms with Gasteiger partial charge >= 0.3 is 19.8 Å². The molecule has 0 saturated carbocycles. The minimum atomic E-state index is -4.39. The molecule has 1 aliphatic heterocycles. The largest absolute Gasteiger partial charge is 0.472 e. The van der Waals surface area contributed by atoms with E-state index in [2.05, 4.69) is 50.3 Å². The Morgan fingerprint density at radius 2 is 1.27 bits per heavy atom. The quantitative estimate of drug-likeness (QED) is 0.0209. The fraction of sp³-hybridized carbons (Fsp3) is 0.800. The van der Waals surface area contributed by atoms with Crippen LogP contribution in [0.4, 0.5) is 0 Å². The summed E-state index contributed by atoms with van der Waals surface area (Å²) in [6.45, 7) is 3.60. The number of nitrogens with two attached hydrogens (primary N) is 1. The minimum absolute atomic E-state index is 0.0432. The molecule has 1 rings (SSSR count). The number of carbonyl (C=O) groups is 2. The summed E-state index contributed by atoms with van der Waals surface area (Å²) in [5.74, 6) is -0.905. The number of phosphoric acid groups is 1. The second-order valence-electron chi connectivity index (χ2n) is 13.5. The van der Waals surface area contributed by atoms with E-state index in [1.54, 1.807) is 0 Å². The summed E-state index contributed by atoms with van der Waals surface area (Å²) in [7, 11) is -4.39. The highest BCUT2D eigenvalue weighted by Gasteiger charge is 2.36. The molecule has 3 unspecified atom stereocenters. The van der Waals surface area contributed by atoms with Gasteiger partial charge in [0, 0.05) is 19.4 Å². The molecule has 1 aliphatic rings. The van der Waals surface area contributed by atoms with Crippen LogP contribution in [0.2, 0.25) is 0 Å². The van der Waals surface area contributed by atoms with Crippen LogP contribution in [0.15, 0.2) is 36.5 Å². The second-order valence-corrected chi connectivity index (χ2v) is 15.0. The SMILES string of the molecule is CCCCC/C=C\C/C=C\C/C=C\CC1OC1CCCC(=O)OC[C@H](COP(=O)(O)OCCN)OC(=O)CCCCCCCCCCCCCC. The lowest BCUT2D eigenvalue weighted by Gasteiger charge is -2.19. The molecule has 0 spiro atoms. The number of phosphoric ester groups is 1. The summed E-state index contributed by atoms with van der Waals surface area (Å²) in [6.07, 6.45) is 36.2. The Morgan fingerprint density at radius 3 is 1.92 bits per heavy atom. The van der Waals surface area contributed by atoms with E-state index in [-0.39, 0.29) is 44.8 Å². The fourth-order valence-electron chi connectivity index (χ4n) is 5.60. The van der Waals surface area contributed by atoms with Gasteiger partial charge in [-0.1, -0.05) is 134 Å². The van der Waals surface area contributed by atoms with Crippen molar-refractivity contribution in [3.8, 4) is 0 Å². The molecule has 0 bridgehead atoms. The fourth-order valence-corrected chi connectivity index (χ4v) is 6.37. The van der Waals surface area contributed by atoms with Gasteiger partial charge in [0.25, 0.3) is 0 Å². The average Bonchev–Trinajstić information content (AvgIpc) is 3.87. The average molecular weight is 742 g/mol. The number of hydrogen-bond acceptors (Lipinski definition) is 9. The summed E-state index contributed by atoms with van der Waals surface area (Å²) in [6, 6.07) is 0. The van der Waals surface area contributed by atoms with Crippen molar-refractivity contribution in [2.24, 2.45) is 5.73 Å². The predicted molar refractivity (Wildman–Crippen MR) is 205 cm³/mol. The Kier molecular flexibility index (Phi) is 30.4. The highest BCUT2D eigenvalue weighted by Crippen LogP contribution is 2.43. The lowest BCUT2D eigenvalue weighted by molar-refractivity contribution is -0.161. The summed E-state index contributed by atoms with van der Waals surface area (Å²) < 4.78 is 38.4. The van der Waals surface area contributed by atoms with E-state index in [0.29, 0.717) is 12.8 Å². The van der Waals surface area contributed by atoms with Crippen molar-refractivity contribution in [3.05, 3.63) is 36.5 Å². The third-order valence-corrected chi connectivity index (χ3v) is 9.69. The molecular formula is C40H72NO9P. The maximum Gasteiger partial charge on any atom is 0.472 e. The van der Waals surface area contributed by atoms with Crippen LogP contribution in [0.25, 0.3) is 0 Å². The molecule has 0 aliphatic carbocycles. The Balaban J connectivity index is 2.26. The van der Waals surface area contributed by atoms with Gasteiger partial charge in [-0.05, 0) is 51.4 Å². The Labute approximate surface area is 309 Å². The number of rotatable bonds is 36. The maximum atomic E-state index is 12.5. The molecule has 1 heterocycles. The molecule has 0 aromatic heterocycles. The molecule has 296 valence electrons. The number of carbonyl (C=O) groups excluding carboxylic acids is 2. The molecule has 51 heavy (non-hydrogen) atoms. The van der Waals surface area contributed by atoms with Gasteiger partial charge in [-0.2, -0.15) is 0 Å². The third kappa shape index (κ3) is 30.4. The van der Waals surface area contributed by atoms with Crippen molar-refractivity contribution in [2.45, 2.75) is 180 Å². The Morgan fingerprint density at radius 1 is 0.706 bits per heavy atom. The van der Waals surface area contributed by atoms with Crippen molar-refractivity contribution in [3.63, 3.8) is 0 Å². The first-order valence-corrected chi connectivity index (χ1v) is 21.6. The van der Waals surface area contributed by atoms with E-state index in [9.17, 15) is 19.0 Å².